The molecule has 2 fully saturated rings. The van der Waals surface area contributed by atoms with Crippen LogP contribution in [0.2, 0.25) is 0 Å². The summed E-state index contributed by atoms with van der Waals surface area (Å²) >= 11 is 0. The number of nitrogens with zero attached hydrogens (tertiary/aromatic N) is 1. The summed E-state index contributed by atoms with van der Waals surface area (Å²) in [6.45, 7) is 8.96. The van der Waals surface area contributed by atoms with E-state index in [0.717, 1.165) is 25.7 Å². The van der Waals surface area contributed by atoms with Gasteiger partial charge in [-0.2, -0.15) is 0 Å². The van der Waals surface area contributed by atoms with Crippen LogP contribution >= 0.6 is 0 Å². The molecule has 2 aliphatic rings. The van der Waals surface area contributed by atoms with Crippen LogP contribution in [0.15, 0.2) is 0 Å². The Balaban J connectivity index is 1.95. The number of nitrogens with one attached hydrogen (secondary N) is 1. The van der Waals surface area contributed by atoms with Crippen LogP contribution in [0.25, 0.3) is 0 Å². The largest absolute Gasteiger partial charge is 0.377 e. The Bertz CT molecular complexity index is 192. The Morgan fingerprint density at radius 2 is 2.27 bits per heavy atom. The normalized spacial score (nSPS) is 37.4. The molecule has 0 bridgehead atoms. The summed E-state index contributed by atoms with van der Waals surface area (Å²) in [6.07, 6.45) is 4.31. The van der Waals surface area contributed by atoms with Gasteiger partial charge in [0.25, 0.3) is 0 Å². The van der Waals surface area contributed by atoms with Crippen molar-refractivity contribution in [2.45, 2.75) is 51.3 Å². The number of rotatable bonds is 3. The lowest BCUT2D eigenvalue weighted by atomic mass is 10.0. The summed E-state index contributed by atoms with van der Waals surface area (Å²) in [6, 6.07) is 1.39. The Hall–Kier alpha value is -0.120. The lowest BCUT2D eigenvalue weighted by molar-refractivity contribution is 0.0495. The first-order chi connectivity index (χ1) is 7.33. The molecule has 0 aromatic rings. The van der Waals surface area contributed by atoms with Crippen molar-refractivity contribution >= 4 is 0 Å². The van der Waals surface area contributed by atoms with Gasteiger partial charge in [-0.1, -0.05) is 6.92 Å². The van der Waals surface area contributed by atoms with E-state index in [1.54, 1.807) is 0 Å². The summed E-state index contributed by atoms with van der Waals surface area (Å²) < 4.78 is 5.68. The quantitative estimate of drug-likeness (QED) is 0.762. The zero-order chi connectivity index (χ0) is 10.7. The molecule has 0 saturated carbocycles. The SMILES string of the molecule is CCN(C1CCCNC1)C1CCOC1C. The summed E-state index contributed by atoms with van der Waals surface area (Å²) in [5.41, 5.74) is 0. The molecule has 0 spiro atoms. The monoisotopic (exact) mass is 212 g/mol. The third kappa shape index (κ3) is 2.52. The molecule has 1 N–H and O–H groups in total. The molecule has 2 rings (SSSR count). The molecule has 0 amide bonds. The summed E-state index contributed by atoms with van der Waals surface area (Å²) in [5, 5.41) is 3.51. The van der Waals surface area contributed by atoms with E-state index < -0.39 is 0 Å². The van der Waals surface area contributed by atoms with Gasteiger partial charge in [-0.05, 0) is 39.3 Å². The molecule has 0 aromatic heterocycles. The Kier molecular flexibility index (Phi) is 4.00. The summed E-state index contributed by atoms with van der Waals surface area (Å²) in [4.78, 5) is 2.66. The van der Waals surface area contributed by atoms with Crippen LogP contribution in [0.1, 0.15) is 33.1 Å². The highest BCUT2D eigenvalue weighted by Crippen LogP contribution is 2.23. The second-order valence-corrected chi connectivity index (χ2v) is 4.76. The molecule has 3 heteroatoms. The minimum Gasteiger partial charge on any atom is -0.377 e. The number of piperidine rings is 1. The molecule has 0 radical (unpaired) electrons. The van der Waals surface area contributed by atoms with Gasteiger partial charge < -0.3 is 10.1 Å². The maximum Gasteiger partial charge on any atom is 0.0703 e. The molecule has 3 nitrogen and oxygen atoms in total. The number of likely N-dealkylation sites (N-methyl/N-ethyl adjacent to an activating group) is 1. The van der Waals surface area contributed by atoms with Crippen LogP contribution in [-0.4, -0.2) is 49.3 Å². The molecule has 0 aromatic carbocycles. The molecule has 0 aliphatic carbocycles. The third-order valence-corrected chi connectivity index (χ3v) is 3.87. The second kappa shape index (κ2) is 5.28. The zero-order valence-electron chi connectivity index (χ0n) is 10.0. The smallest absolute Gasteiger partial charge is 0.0703 e. The molecule has 88 valence electrons. The highest BCUT2D eigenvalue weighted by atomic mass is 16.5. The van der Waals surface area contributed by atoms with Gasteiger partial charge in [-0.3, -0.25) is 4.90 Å². The summed E-state index contributed by atoms with van der Waals surface area (Å²) in [5.74, 6) is 0. The van der Waals surface area contributed by atoms with Gasteiger partial charge in [-0.25, -0.2) is 0 Å². The van der Waals surface area contributed by atoms with Crippen molar-refractivity contribution in [3.8, 4) is 0 Å². The maximum absolute atomic E-state index is 5.68. The Labute approximate surface area is 93.2 Å². The first-order valence-corrected chi connectivity index (χ1v) is 6.41. The van der Waals surface area contributed by atoms with Gasteiger partial charge in [0.2, 0.25) is 0 Å². The van der Waals surface area contributed by atoms with Gasteiger partial charge in [-0.15, -0.1) is 0 Å². The third-order valence-electron chi connectivity index (χ3n) is 3.87. The topological polar surface area (TPSA) is 24.5 Å². The van der Waals surface area contributed by atoms with Gasteiger partial charge >= 0.3 is 0 Å². The Morgan fingerprint density at radius 3 is 2.80 bits per heavy atom. The van der Waals surface area contributed by atoms with E-state index in [-0.39, 0.29) is 0 Å². The van der Waals surface area contributed by atoms with E-state index in [0.29, 0.717) is 12.1 Å². The minimum absolute atomic E-state index is 0.423. The van der Waals surface area contributed by atoms with Crippen LogP contribution in [-0.2, 0) is 4.74 Å². The molecule has 2 heterocycles. The Morgan fingerprint density at radius 1 is 1.40 bits per heavy atom. The van der Waals surface area contributed by atoms with Crippen LogP contribution in [0, 0.1) is 0 Å². The van der Waals surface area contributed by atoms with E-state index in [2.05, 4.69) is 24.1 Å². The van der Waals surface area contributed by atoms with Crippen LogP contribution in [0.4, 0.5) is 0 Å². The average Bonchev–Trinajstić information content (AvgIpc) is 2.68. The number of ether oxygens (including phenoxy) is 1. The van der Waals surface area contributed by atoms with E-state index in [1.165, 1.54) is 25.8 Å². The fraction of sp³-hybridized carbons (Fsp3) is 1.00. The highest BCUT2D eigenvalue weighted by molar-refractivity contribution is 4.88. The van der Waals surface area contributed by atoms with Crippen molar-refractivity contribution in [3.05, 3.63) is 0 Å². The lowest BCUT2D eigenvalue weighted by Gasteiger charge is -2.39. The fourth-order valence-electron chi connectivity index (χ4n) is 3.04. The highest BCUT2D eigenvalue weighted by Gasteiger charge is 2.33. The zero-order valence-corrected chi connectivity index (χ0v) is 10.0. The first kappa shape index (κ1) is 11.4. The van der Waals surface area contributed by atoms with Crippen molar-refractivity contribution < 1.29 is 4.74 Å². The van der Waals surface area contributed by atoms with Gasteiger partial charge in [0.1, 0.15) is 0 Å². The number of hydrogen-bond acceptors (Lipinski definition) is 3. The average molecular weight is 212 g/mol. The molecule has 2 saturated heterocycles. The predicted molar refractivity (Wildman–Crippen MR) is 62.1 cm³/mol. The van der Waals surface area contributed by atoms with Crippen molar-refractivity contribution in [1.29, 1.82) is 0 Å². The fourth-order valence-corrected chi connectivity index (χ4v) is 3.04. The molecule has 3 unspecified atom stereocenters. The number of hydrogen-bond donors (Lipinski definition) is 1. The lowest BCUT2D eigenvalue weighted by Crippen LogP contribution is -2.52. The predicted octanol–water partition coefficient (Wildman–Crippen LogP) is 1.24. The molecule has 15 heavy (non-hydrogen) atoms. The van der Waals surface area contributed by atoms with Crippen molar-refractivity contribution in [3.63, 3.8) is 0 Å². The van der Waals surface area contributed by atoms with Gasteiger partial charge in [0.15, 0.2) is 0 Å². The standard InChI is InChI=1S/C12H24N2O/c1-3-14(11-5-4-7-13-9-11)12-6-8-15-10(12)2/h10-13H,3-9H2,1-2H3. The first-order valence-electron chi connectivity index (χ1n) is 6.41. The molecular weight excluding hydrogens is 188 g/mol. The molecule has 2 aliphatic heterocycles. The molecular formula is C12H24N2O. The van der Waals surface area contributed by atoms with Crippen LogP contribution < -0.4 is 5.32 Å². The summed E-state index contributed by atoms with van der Waals surface area (Å²) in [7, 11) is 0. The van der Waals surface area contributed by atoms with E-state index in [4.69, 9.17) is 4.74 Å². The van der Waals surface area contributed by atoms with Gasteiger partial charge in [0.05, 0.1) is 6.10 Å². The molecule has 3 atom stereocenters. The minimum atomic E-state index is 0.423. The van der Waals surface area contributed by atoms with E-state index in [1.807, 2.05) is 0 Å². The van der Waals surface area contributed by atoms with Crippen molar-refractivity contribution in [2.24, 2.45) is 0 Å². The van der Waals surface area contributed by atoms with E-state index in [9.17, 15) is 0 Å². The van der Waals surface area contributed by atoms with E-state index >= 15 is 0 Å². The van der Waals surface area contributed by atoms with Crippen molar-refractivity contribution in [2.75, 3.05) is 26.2 Å². The van der Waals surface area contributed by atoms with Crippen LogP contribution in [0.3, 0.4) is 0 Å². The second-order valence-electron chi connectivity index (χ2n) is 4.76. The maximum atomic E-state index is 5.68. The van der Waals surface area contributed by atoms with Crippen LogP contribution in [0.5, 0.6) is 0 Å². The van der Waals surface area contributed by atoms with Gasteiger partial charge in [0, 0.05) is 25.2 Å². The van der Waals surface area contributed by atoms with Crippen molar-refractivity contribution in [1.82, 2.24) is 10.2 Å².